The van der Waals surface area contributed by atoms with Crippen molar-refractivity contribution in [2.24, 2.45) is 0 Å². The summed E-state index contributed by atoms with van der Waals surface area (Å²) in [5.41, 5.74) is 6.06. The van der Waals surface area contributed by atoms with Gasteiger partial charge in [-0.25, -0.2) is 0 Å². The smallest absolute Gasteiger partial charge is 0.119 e. The van der Waals surface area contributed by atoms with E-state index in [1.165, 1.54) is 22.3 Å². The van der Waals surface area contributed by atoms with Gasteiger partial charge < -0.3 is 4.74 Å². The van der Waals surface area contributed by atoms with E-state index in [1.54, 1.807) is 7.11 Å². The normalized spacial score (nSPS) is 10.5. The van der Waals surface area contributed by atoms with Gasteiger partial charge in [-0.05, 0) is 60.7 Å². The molecule has 2 heteroatoms. The maximum Gasteiger partial charge on any atom is 0.119 e. The second kappa shape index (κ2) is 7.10. The molecule has 23 heavy (non-hydrogen) atoms. The van der Waals surface area contributed by atoms with Crippen molar-refractivity contribution in [2.75, 3.05) is 7.11 Å². The van der Waals surface area contributed by atoms with Crippen LogP contribution in [0.15, 0.2) is 66.9 Å². The lowest BCUT2D eigenvalue weighted by atomic mass is 9.95. The second-order valence-electron chi connectivity index (χ2n) is 5.68. The fourth-order valence-corrected chi connectivity index (χ4v) is 2.83. The van der Waals surface area contributed by atoms with Crippen molar-refractivity contribution in [3.05, 3.63) is 83.6 Å². The van der Waals surface area contributed by atoms with Crippen molar-refractivity contribution in [3.63, 3.8) is 0 Å². The number of rotatable bonds is 5. The first-order valence-electron chi connectivity index (χ1n) is 7.91. The Bertz CT molecular complexity index is 781. The highest BCUT2D eigenvalue weighted by Crippen LogP contribution is 2.29. The van der Waals surface area contributed by atoms with Gasteiger partial charge in [-0.1, -0.05) is 36.4 Å². The summed E-state index contributed by atoms with van der Waals surface area (Å²) < 4.78 is 5.41. The van der Waals surface area contributed by atoms with Crippen LogP contribution >= 0.6 is 0 Å². The summed E-state index contributed by atoms with van der Waals surface area (Å²) in [7, 11) is 1.71. The predicted octanol–water partition coefficient (Wildman–Crippen LogP) is 4.85. The summed E-state index contributed by atoms with van der Waals surface area (Å²) >= 11 is 0. The third-order valence-corrected chi connectivity index (χ3v) is 4.10. The van der Waals surface area contributed by atoms with Crippen LogP contribution in [0.1, 0.15) is 16.7 Å². The number of aryl methyl sites for hydroxylation is 3. The lowest BCUT2D eigenvalue weighted by molar-refractivity contribution is 0.414. The van der Waals surface area contributed by atoms with Gasteiger partial charge in [-0.2, -0.15) is 0 Å². The summed E-state index contributed by atoms with van der Waals surface area (Å²) in [6.45, 7) is 2.10. The Hall–Kier alpha value is -2.61. The molecule has 1 aromatic heterocycles. The van der Waals surface area contributed by atoms with Gasteiger partial charge in [-0.3, -0.25) is 4.98 Å². The lowest BCUT2D eigenvalue weighted by Gasteiger charge is -2.13. The van der Waals surface area contributed by atoms with E-state index < -0.39 is 0 Å². The monoisotopic (exact) mass is 303 g/mol. The number of ether oxygens (including phenoxy) is 1. The number of hydrogen-bond acceptors (Lipinski definition) is 2. The molecular formula is C21H21NO. The van der Waals surface area contributed by atoms with Crippen LogP contribution in [0.25, 0.3) is 11.3 Å². The SMILES string of the molecule is COc1ccc(-c2ncccc2C)c(CCc2ccccc2)c1. The molecule has 0 fully saturated rings. The minimum Gasteiger partial charge on any atom is -0.497 e. The molecule has 0 aliphatic rings. The molecule has 1 heterocycles. The molecule has 0 radical (unpaired) electrons. The van der Waals surface area contributed by atoms with Crippen molar-refractivity contribution in [2.45, 2.75) is 19.8 Å². The molecule has 0 bridgehead atoms. The molecule has 3 aromatic rings. The van der Waals surface area contributed by atoms with Gasteiger partial charge in [-0.15, -0.1) is 0 Å². The summed E-state index contributed by atoms with van der Waals surface area (Å²) in [5.74, 6) is 0.894. The number of hydrogen-bond donors (Lipinski definition) is 0. The first-order chi connectivity index (χ1) is 11.3. The van der Waals surface area contributed by atoms with Gasteiger partial charge in [0, 0.05) is 11.8 Å². The van der Waals surface area contributed by atoms with Crippen LogP contribution in [0, 0.1) is 6.92 Å². The van der Waals surface area contributed by atoms with Crippen LogP contribution in [0.2, 0.25) is 0 Å². The first kappa shape index (κ1) is 15.3. The number of benzene rings is 2. The van der Waals surface area contributed by atoms with Gasteiger partial charge in [0.05, 0.1) is 12.8 Å². The predicted molar refractivity (Wildman–Crippen MR) is 94.8 cm³/mol. The Kier molecular flexibility index (Phi) is 4.72. The molecule has 0 saturated carbocycles. The third-order valence-electron chi connectivity index (χ3n) is 4.10. The zero-order valence-electron chi connectivity index (χ0n) is 13.6. The minimum atomic E-state index is 0.894. The Labute approximate surface area is 137 Å². The zero-order valence-corrected chi connectivity index (χ0v) is 13.6. The van der Waals surface area contributed by atoms with Crippen molar-refractivity contribution in [1.82, 2.24) is 4.98 Å². The van der Waals surface area contributed by atoms with Crippen molar-refractivity contribution in [1.29, 1.82) is 0 Å². The van der Waals surface area contributed by atoms with Crippen LogP contribution in [-0.2, 0) is 12.8 Å². The van der Waals surface area contributed by atoms with Gasteiger partial charge in [0.2, 0.25) is 0 Å². The van der Waals surface area contributed by atoms with Gasteiger partial charge in [0.1, 0.15) is 5.75 Å². The maximum absolute atomic E-state index is 5.41. The van der Waals surface area contributed by atoms with E-state index in [9.17, 15) is 0 Å². The van der Waals surface area contributed by atoms with Crippen LogP contribution in [-0.4, -0.2) is 12.1 Å². The van der Waals surface area contributed by atoms with Crippen LogP contribution in [0.4, 0.5) is 0 Å². The Morgan fingerprint density at radius 1 is 0.913 bits per heavy atom. The highest BCUT2D eigenvalue weighted by Gasteiger charge is 2.10. The molecule has 0 spiro atoms. The maximum atomic E-state index is 5.41. The molecule has 116 valence electrons. The van der Waals surface area contributed by atoms with E-state index in [2.05, 4.69) is 60.4 Å². The second-order valence-corrected chi connectivity index (χ2v) is 5.68. The van der Waals surface area contributed by atoms with E-state index in [1.807, 2.05) is 18.3 Å². The van der Waals surface area contributed by atoms with E-state index in [4.69, 9.17) is 4.74 Å². The van der Waals surface area contributed by atoms with Crippen LogP contribution in [0.3, 0.4) is 0 Å². The first-order valence-corrected chi connectivity index (χ1v) is 7.91. The molecule has 0 aliphatic heterocycles. The topological polar surface area (TPSA) is 22.1 Å². The highest BCUT2D eigenvalue weighted by atomic mass is 16.5. The molecule has 0 N–H and O–H groups in total. The lowest BCUT2D eigenvalue weighted by Crippen LogP contribution is -1.98. The molecule has 2 nitrogen and oxygen atoms in total. The molecule has 2 aromatic carbocycles. The van der Waals surface area contributed by atoms with Crippen molar-refractivity contribution >= 4 is 0 Å². The quantitative estimate of drug-likeness (QED) is 0.672. The summed E-state index contributed by atoms with van der Waals surface area (Å²) in [6, 6.07) is 20.9. The standard InChI is InChI=1S/C21H21NO/c1-16-7-6-14-22-21(16)20-13-12-19(23-2)15-18(20)11-10-17-8-4-3-5-9-17/h3-9,12-15H,10-11H2,1-2H3. The number of aromatic nitrogens is 1. The molecule has 0 saturated heterocycles. The van der Waals surface area contributed by atoms with Crippen molar-refractivity contribution < 1.29 is 4.74 Å². The molecule has 3 rings (SSSR count). The highest BCUT2D eigenvalue weighted by molar-refractivity contribution is 5.68. The summed E-state index contributed by atoms with van der Waals surface area (Å²) in [4.78, 5) is 4.58. The van der Waals surface area contributed by atoms with Crippen LogP contribution < -0.4 is 4.74 Å². The van der Waals surface area contributed by atoms with Gasteiger partial charge in [0.15, 0.2) is 0 Å². The Balaban J connectivity index is 1.95. The van der Waals surface area contributed by atoms with Crippen molar-refractivity contribution in [3.8, 4) is 17.0 Å². The molecular weight excluding hydrogens is 282 g/mol. The number of nitrogens with zero attached hydrogens (tertiary/aromatic N) is 1. The van der Waals surface area contributed by atoms with E-state index in [0.717, 1.165) is 24.3 Å². The van der Waals surface area contributed by atoms with Gasteiger partial charge >= 0.3 is 0 Å². The average Bonchev–Trinajstić information content (AvgIpc) is 2.61. The van der Waals surface area contributed by atoms with E-state index in [-0.39, 0.29) is 0 Å². The van der Waals surface area contributed by atoms with Crippen LogP contribution in [0.5, 0.6) is 5.75 Å². The number of pyridine rings is 1. The van der Waals surface area contributed by atoms with E-state index >= 15 is 0 Å². The molecule has 0 amide bonds. The third kappa shape index (κ3) is 3.59. The number of methoxy groups -OCH3 is 1. The fraction of sp³-hybridized carbons (Fsp3) is 0.190. The Morgan fingerprint density at radius 2 is 1.74 bits per heavy atom. The molecule has 0 unspecified atom stereocenters. The van der Waals surface area contributed by atoms with E-state index in [0.29, 0.717) is 0 Å². The van der Waals surface area contributed by atoms with Gasteiger partial charge in [0.25, 0.3) is 0 Å². The largest absolute Gasteiger partial charge is 0.497 e. The molecule has 0 atom stereocenters. The molecule has 0 aliphatic carbocycles. The zero-order chi connectivity index (χ0) is 16.1. The summed E-state index contributed by atoms with van der Waals surface area (Å²) in [6.07, 6.45) is 3.83. The fourth-order valence-electron chi connectivity index (χ4n) is 2.83. The minimum absolute atomic E-state index is 0.894. The summed E-state index contributed by atoms with van der Waals surface area (Å²) in [5, 5.41) is 0. The Morgan fingerprint density at radius 3 is 2.48 bits per heavy atom. The average molecular weight is 303 g/mol.